The topological polar surface area (TPSA) is 316 Å². The van der Waals surface area contributed by atoms with Gasteiger partial charge < -0.3 is 43.3 Å². The van der Waals surface area contributed by atoms with Gasteiger partial charge in [0.1, 0.15) is 28.7 Å². The van der Waals surface area contributed by atoms with Gasteiger partial charge in [-0.1, -0.05) is 84.4 Å². The van der Waals surface area contributed by atoms with Crippen LogP contribution in [0, 0.1) is 34.3 Å². The fraction of sp³-hybridized carbons (Fsp3) is 0.448. The molecule has 130 heavy (non-hydrogen) atoms. The van der Waals surface area contributed by atoms with E-state index in [0.29, 0.717) is 42.6 Å². The van der Waals surface area contributed by atoms with Gasteiger partial charge in [-0.05, 0) is 134 Å². The number of nitrogens with one attached hydrogen (secondary N) is 1. The van der Waals surface area contributed by atoms with Gasteiger partial charge in [0.25, 0.3) is 11.8 Å². The number of hydrogen-bond donors (Lipinski definition) is 1. The van der Waals surface area contributed by atoms with Crippen molar-refractivity contribution in [2.24, 2.45) is 0 Å². The number of ether oxygens (including phenoxy) is 5. The number of H-pyrrole nitrogens is 1. The molecular weight excluding hydrogens is 1680 g/mol. The van der Waals surface area contributed by atoms with Gasteiger partial charge in [0, 0.05) is 152 Å². The first-order chi connectivity index (χ1) is 62.9. The molecule has 19 rings (SSSR count). The van der Waals surface area contributed by atoms with Crippen LogP contribution in [0.4, 0.5) is 41.6 Å². The van der Waals surface area contributed by atoms with Gasteiger partial charge in [-0.3, -0.25) is 43.5 Å². The summed E-state index contributed by atoms with van der Waals surface area (Å²) in [6.45, 7) is 30.2. The molecule has 0 radical (unpaired) electrons. The molecule has 0 spiro atoms. The molecule has 9 aliphatic rings. The first kappa shape index (κ1) is 92.4. The fourth-order valence-corrected chi connectivity index (χ4v) is 18.0. The minimum atomic E-state index is -0.813. The first-order valence-corrected chi connectivity index (χ1v) is 45.1. The molecule has 3 atom stereocenters. The number of carbonyl (C=O) groups is 5. The zero-order chi connectivity index (χ0) is 91.0. The van der Waals surface area contributed by atoms with Crippen LogP contribution in [0.5, 0.6) is 0 Å². The summed E-state index contributed by atoms with van der Waals surface area (Å²) in [4.78, 5) is 90.5. The molecule has 31 nitrogen and oxygen atoms in total. The fourth-order valence-electron chi connectivity index (χ4n) is 17.7. The van der Waals surface area contributed by atoms with Crippen molar-refractivity contribution in [3.8, 4) is 40.3 Å². The van der Waals surface area contributed by atoms with Crippen molar-refractivity contribution in [3.63, 3.8) is 0 Å². The summed E-state index contributed by atoms with van der Waals surface area (Å²) in [6.07, 6.45) is 14.9. The molecule has 9 aliphatic heterocycles. The van der Waals surface area contributed by atoms with Crippen LogP contribution < -0.4 is 19.6 Å². The first-order valence-electron chi connectivity index (χ1n) is 44.8. The zero-order valence-electron chi connectivity index (χ0n) is 74.5. The Labute approximate surface area is 760 Å². The Morgan fingerprint density at radius 2 is 0.923 bits per heavy atom. The molecule has 1 N–H and O–H groups in total. The second-order valence-corrected chi connectivity index (χ2v) is 35.9. The van der Waals surface area contributed by atoms with Crippen LogP contribution in [-0.4, -0.2) is 264 Å². The number of nitriles is 2. The molecule has 7 saturated heterocycles. The number of hydrogen-bond acceptors (Lipinski definition) is 25. The summed E-state index contributed by atoms with van der Waals surface area (Å²) >= 11 is 6.23. The van der Waals surface area contributed by atoms with E-state index in [1.165, 1.54) is 79.3 Å². The molecule has 10 aromatic rings. The minimum absolute atomic E-state index is 0.00660. The number of benzene rings is 4. The molecule has 4 aromatic carbocycles. The minimum Gasteiger partial charge on any atom is -0.443 e. The number of halogens is 3. The lowest BCUT2D eigenvalue weighted by molar-refractivity contribution is -0.118. The SMILES string of the molecule is CC(C)(C)OC(=O)N1Cc2nc(-c3c(F)cccc3C#N)cc(-n3ccc(N4CCCC(N5CCOCC5)C4)n3)c2C1=O.CC(C)(C)OC(=O)N1Cc2nc(-c3c(F)cccc3C#N)cc(Cl)c2C1=O.O=C1CCCN(c2ccn(Cc3ccccc3)n2)C1.c1cc(N2CCCC(N3CCOCC3)C2)[nH]n1.c1ccc(Cn2ccc(N3CCCC(N4CCOCC4)C3)n2)cc1. The number of piperidine rings is 4. The number of anilines is 4. The van der Waals surface area contributed by atoms with Crippen LogP contribution in [0.2, 0.25) is 5.02 Å². The van der Waals surface area contributed by atoms with Crippen molar-refractivity contribution < 1.29 is 56.4 Å². The van der Waals surface area contributed by atoms with E-state index in [4.69, 9.17) is 45.5 Å². The lowest BCUT2D eigenvalue weighted by Gasteiger charge is -2.41. The van der Waals surface area contributed by atoms with Crippen LogP contribution in [0.25, 0.3) is 28.2 Å². The number of aromatic amines is 1. The average molecular weight is 1790 g/mol. The summed E-state index contributed by atoms with van der Waals surface area (Å²) in [5.41, 5.74) is 2.53. The molecule has 7 fully saturated rings. The molecular formula is C96H112ClF2N21O10. The lowest BCUT2D eigenvalue weighted by Crippen LogP contribution is -2.51. The van der Waals surface area contributed by atoms with Crippen LogP contribution in [-0.2, 0) is 54.7 Å². The summed E-state index contributed by atoms with van der Waals surface area (Å²) in [5.74, 6) is 1.79. The number of nitrogens with zero attached hydrogens (tertiary/aromatic N) is 20. The number of fused-ring (bicyclic) bond motifs is 2. The van der Waals surface area contributed by atoms with Crippen molar-refractivity contribution in [3.05, 3.63) is 220 Å². The quantitative estimate of drug-likeness (QED) is 0.106. The highest BCUT2D eigenvalue weighted by Crippen LogP contribution is 2.38. The van der Waals surface area contributed by atoms with Crippen LogP contribution in [0.3, 0.4) is 0 Å². The van der Waals surface area contributed by atoms with Gasteiger partial charge >= 0.3 is 12.2 Å². The summed E-state index contributed by atoms with van der Waals surface area (Å²) < 4.78 is 62.1. The summed E-state index contributed by atoms with van der Waals surface area (Å²) in [5, 5.41) is 40.3. The highest BCUT2D eigenvalue weighted by molar-refractivity contribution is 6.35. The van der Waals surface area contributed by atoms with Gasteiger partial charge in [-0.15, -0.1) is 0 Å². The second-order valence-electron chi connectivity index (χ2n) is 35.5. The third kappa shape index (κ3) is 23.3. The molecule has 34 heteroatoms. The molecule has 3 unspecified atom stereocenters. The number of amides is 4. The van der Waals surface area contributed by atoms with Gasteiger partial charge in [0.15, 0.2) is 23.2 Å². The number of rotatable bonds is 14. The lowest BCUT2D eigenvalue weighted by atomic mass is 10.0. The molecule has 682 valence electrons. The van der Waals surface area contributed by atoms with E-state index in [1.54, 1.807) is 58.5 Å². The van der Waals surface area contributed by atoms with Crippen LogP contribution in [0.15, 0.2) is 158 Å². The van der Waals surface area contributed by atoms with E-state index in [-0.39, 0.29) is 74.3 Å². The molecule has 0 aliphatic carbocycles. The number of carbonyl (C=O) groups excluding carboxylic acids is 5. The van der Waals surface area contributed by atoms with E-state index in [2.05, 4.69) is 120 Å². The van der Waals surface area contributed by atoms with Crippen LogP contribution in [0.1, 0.15) is 147 Å². The third-order valence-electron chi connectivity index (χ3n) is 24.0. The number of morpholine rings is 3. The van der Waals surface area contributed by atoms with Crippen molar-refractivity contribution in [2.45, 2.75) is 148 Å². The normalized spacial score (nSPS) is 19.2. The highest BCUT2D eigenvalue weighted by atomic mass is 35.5. The number of aromatic nitrogens is 10. The van der Waals surface area contributed by atoms with Crippen molar-refractivity contribution in [1.29, 1.82) is 10.5 Å². The average Bonchev–Trinajstić information content (AvgIpc) is 1.54. The van der Waals surface area contributed by atoms with Crippen LogP contribution >= 0.6 is 11.6 Å². The maximum absolute atomic E-state index is 15.1. The maximum atomic E-state index is 15.1. The van der Waals surface area contributed by atoms with Gasteiger partial charge in [-0.2, -0.15) is 30.9 Å². The zero-order valence-corrected chi connectivity index (χ0v) is 75.3. The van der Waals surface area contributed by atoms with Gasteiger partial charge in [-0.25, -0.2) is 42.8 Å². The van der Waals surface area contributed by atoms with Gasteiger partial charge in [0.2, 0.25) is 0 Å². The van der Waals surface area contributed by atoms with E-state index < -0.39 is 46.8 Å². The number of Topliss-reactive ketones (excluding diaryl/α,β-unsaturated/α-hetero) is 1. The molecule has 6 aromatic heterocycles. The van der Waals surface area contributed by atoms with Crippen molar-refractivity contribution in [2.75, 3.05) is 151 Å². The van der Waals surface area contributed by atoms with E-state index >= 15 is 4.39 Å². The Morgan fingerprint density at radius 3 is 1.38 bits per heavy atom. The Hall–Kier alpha value is -12.3. The van der Waals surface area contributed by atoms with E-state index in [1.807, 2.05) is 64.2 Å². The monoisotopic (exact) mass is 1790 g/mol. The number of imide groups is 2. The van der Waals surface area contributed by atoms with Gasteiger partial charge in [0.05, 0.1) is 158 Å². The number of ketones is 1. The Kier molecular flexibility index (Phi) is 30.2. The second kappa shape index (κ2) is 42.5. The van der Waals surface area contributed by atoms with E-state index in [0.717, 1.165) is 190 Å². The third-order valence-corrected chi connectivity index (χ3v) is 24.3. The van der Waals surface area contributed by atoms with Crippen molar-refractivity contribution >= 4 is 64.7 Å². The Bertz CT molecular complexity index is 5650. The molecule has 0 saturated carbocycles. The summed E-state index contributed by atoms with van der Waals surface area (Å²) in [6, 6.07) is 45.7. The summed E-state index contributed by atoms with van der Waals surface area (Å²) in [7, 11) is 0. The molecule has 15 heterocycles. The maximum Gasteiger partial charge on any atom is 0.417 e. The Morgan fingerprint density at radius 1 is 0.492 bits per heavy atom. The molecule has 0 bridgehead atoms. The predicted octanol–water partition coefficient (Wildman–Crippen LogP) is 13.5. The largest absolute Gasteiger partial charge is 0.443 e. The predicted molar refractivity (Wildman–Crippen MR) is 487 cm³/mol. The standard InChI is InChI=1S/C31H34FN7O4.C19H15ClFN3O3.C19H26N4O.C15H17N3O.C12H20N4O/c1-31(2,3)43-30(41)38-19-24-28(29(38)40)25(16-23(34-24)27-20(17-33)6-4-8-22(27)32)39-11-9-26(35-39)37-10-5-7-21(18-37)36-12-14-42-15-13-36;1-19(2,3)27-18(26)24-9-14-16(17(24)25)11(20)7-13(23-14)15-10(8-22)5-4-6-12(15)21;1-2-5-17(6-3-1)15-23-10-8-19(20-23)22-9-4-7-18(16-22)21-11-13-24-14-12-21;19-14-7-4-9-17(12-14)15-8-10-18(16-15)11-13-5-2-1-3-6-13;1-2-11(15-6-8-17-9-7-15)10-16(5-1)12-3-4-13-14-12/h4,6,8-9,11,16,21H,5,7,10,12-15,18-19H2,1-3H3;4-7H,9H2,1-3H3;1-3,5-6,8,10,18H,4,7,9,11-16H2;1-3,5-6,8,10H,4,7,9,11-12H2;3-4,11H,1-2,5-10H2,(H,13,14). The van der Waals surface area contributed by atoms with Crippen molar-refractivity contribution in [1.82, 2.24) is 74.0 Å². The molecule has 4 amide bonds. The Balaban J connectivity index is 0.000000130. The highest BCUT2D eigenvalue weighted by Gasteiger charge is 2.42. The number of pyridine rings is 2. The smallest absolute Gasteiger partial charge is 0.417 e. The van der Waals surface area contributed by atoms with E-state index in [9.17, 15) is 38.9 Å².